The van der Waals surface area contributed by atoms with Crippen LogP contribution in [0.25, 0.3) is 5.57 Å². The van der Waals surface area contributed by atoms with Gasteiger partial charge in [-0.15, -0.1) is 0 Å². The summed E-state index contributed by atoms with van der Waals surface area (Å²) < 4.78 is 32.2. The highest BCUT2D eigenvalue weighted by molar-refractivity contribution is 6.02. The number of halogens is 2. The Morgan fingerprint density at radius 1 is 1.00 bits per heavy atom. The number of carbonyl (C=O) groups excluding carboxylic acids is 2. The number of amides is 2. The van der Waals surface area contributed by atoms with Gasteiger partial charge in [-0.2, -0.15) is 0 Å². The lowest BCUT2D eigenvalue weighted by molar-refractivity contribution is -0.148. The fraction of sp³-hybridized carbons (Fsp3) is 0.304. The van der Waals surface area contributed by atoms with E-state index in [9.17, 15) is 18.4 Å². The third kappa shape index (κ3) is 7.40. The molecule has 8 heteroatoms. The van der Waals surface area contributed by atoms with E-state index in [4.69, 9.17) is 4.74 Å². The second kappa shape index (κ2) is 10.1. The van der Waals surface area contributed by atoms with Crippen LogP contribution in [0.15, 0.2) is 42.5 Å². The van der Waals surface area contributed by atoms with Crippen LogP contribution in [-0.4, -0.2) is 24.1 Å². The average Bonchev–Trinajstić information content (AvgIpc) is 2.64. The summed E-state index contributed by atoms with van der Waals surface area (Å²) in [4.78, 5) is 24.5. The highest BCUT2D eigenvalue weighted by atomic mass is 19.1. The summed E-state index contributed by atoms with van der Waals surface area (Å²) in [6.07, 6.45) is 1.38. The Morgan fingerprint density at radius 2 is 1.65 bits per heavy atom. The predicted octanol–water partition coefficient (Wildman–Crippen LogP) is 5.79. The SMILES string of the molecule is CCNc1ccc(/C(C)=C/C(=O)OC(C)(C)C)cc1NC(=O)Nc1ccc(F)cc1F. The van der Waals surface area contributed by atoms with Crippen molar-refractivity contribution in [3.05, 3.63) is 59.7 Å². The Labute approximate surface area is 180 Å². The number of allylic oxidation sites excluding steroid dienone is 1. The first-order valence-electron chi connectivity index (χ1n) is 9.81. The van der Waals surface area contributed by atoms with Crippen molar-refractivity contribution in [3.8, 4) is 0 Å². The van der Waals surface area contributed by atoms with Gasteiger partial charge in [0.2, 0.25) is 0 Å². The van der Waals surface area contributed by atoms with E-state index in [1.807, 2.05) is 6.92 Å². The third-order valence-corrected chi connectivity index (χ3v) is 4.01. The molecule has 2 amide bonds. The minimum atomic E-state index is -0.882. The van der Waals surface area contributed by atoms with Gasteiger partial charge < -0.3 is 20.7 Å². The quantitative estimate of drug-likeness (QED) is 0.400. The predicted molar refractivity (Wildman–Crippen MR) is 119 cm³/mol. The van der Waals surface area contributed by atoms with Crippen molar-refractivity contribution in [3.63, 3.8) is 0 Å². The molecule has 0 radical (unpaired) electrons. The lowest BCUT2D eigenvalue weighted by Gasteiger charge is -2.18. The summed E-state index contributed by atoms with van der Waals surface area (Å²) in [6.45, 7) is 9.61. The van der Waals surface area contributed by atoms with E-state index in [0.717, 1.165) is 12.1 Å². The van der Waals surface area contributed by atoms with Crippen molar-refractivity contribution in [1.82, 2.24) is 0 Å². The molecule has 0 spiro atoms. The molecule has 0 saturated heterocycles. The highest BCUT2D eigenvalue weighted by Gasteiger charge is 2.16. The number of carbonyl (C=O) groups is 2. The van der Waals surface area contributed by atoms with Crippen LogP contribution in [-0.2, 0) is 9.53 Å². The van der Waals surface area contributed by atoms with Crippen LogP contribution < -0.4 is 16.0 Å². The fourth-order valence-corrected chi connectivity index (χ4v) is 2.70. The zero-order valence-corrected chi connectivity index (χ0v) is 18.2. The summed E-state index contributed by atoms with van der Waals surface area (Å²) in [7, 11) is 0. The normalized spacial score (nSPS) is 11.6. The molecule has 0 fully saturated rings. The molecule has 6 nitrogen and oxygen atoms in total. The number of benzene rings is 2. The monoisotopic (exact) mass is 431 g/mol. The zero-order chi connectivity index (χ0) is 23.2. The Balaban J connectivity index is 2.24. The Morgan fingerprint density at radius 3 is 2.26 bits per heavy atom. The molecule has 0 aromatic heterocycles. The first-order chi connectivity index (χ1) is 14.5. The van der Waals surface area contributed by atoms with Gasteiger partial charge >= 0.3 is 12.0 Å². The van der Waals surface area contributed by atoms with Crippen molar-refractivity contribution < 1.29 is 23.1 Å². The molecule has 0 aliphatic carbocycles. The molecule has 0 unspecified atom stereocenters. The van der Waals surface area contributed by atoms with Gasteiger partial charge in [-0.1, -0.05) is 6.07 Å². The lowest BCUT2D eigenvalue weighted by Crippen LogP contribution is -2.22. The van der Waals surface area contributed by atoms with Gasteiger partial charge in [-0.3, -0.25) is 0 Å². The van der Waals surface area contributed by atoms with Crippen molar-refractivity contribution in [2.24, 2.45) is 0 Å². The number of ether oxygens (including phenoxy) is 1. The molecule has 0 saturated carbocycles. The van der Waals surface area contributed by atoms with Gasteiger partial charge in [-0.05, 0) is 70.0 Å². The van der Waals surface area contributed by atoms with Gasteiger partial charge in [0, 0.05) is 18.7 Å². The van der Waals surface area contributed by atoms with Crippen LogP contribution in [0, 0.1) is 11.6 Å². The van der Waals surface area contributed by atoms with Crippen LogP contribution in [0.5, 0.6) is 0 Å². The number of hydrogen-bond acceptors (Lipinski definition) is 4. The minimum absolute atomic E-state index is 0.152. The van der Waals surface area contributed by atoms with Crippen LogP contribution in [0.1, 0.15) is 40.2 Å². The first-order valence-corrected chi connectivity index (χ1v) is 9.81. The molecule has 0 heterocycles. The molecule has 31 heavy (non-hydrogen) atoms. The number of hydrogen-bond donors (Lipinski definition) is 3. The number of nitrogens with one attached hydrogen (secondary N) is 3. The van der Waals surface area contributed by atoms with Crippen molar-refractivity contribution >= 4 is 34.6 Å². The summed E-state index contributed by atoms with van der Waals surface area (Å²) in [5.41, 5.74) is 1.65. The van der Waals surface area contributed by atoms with E-state index in [2.05, 4.69) is 16.0 Å². The number of anilines is 3. The Bertz CT molecular complexity index is 998. The molecule has 3 N–H and O–H groups in total. The standard InChI is InChI=1S/C23H27F2N3O3/c1-6-26-19-9-7-15(14(2)11-21(29)31-23(3,4)5)12-20(19)28-22(30)27-18-10-8-16(24)13-17(18)25/h7-13,26H,6H2,1-5H3,(H2,27,28,30)/b14-11+. The molecule has 0 aliphatic rings. The van der Waals surface area contributed by atoms with Crippen LogP contribution in [0.2, 0.25) is 0 Å². The average molecular weight is 431 g/mol. The van der Waals surface area contributed by atoms with Crippen molar-refractivity contribution in [1.29, 1.82) is 0 Å². The van der Waals surface area contributed by atoms with Crippen LogP contribution in [0.3, 0.4) is 0 Å². The molecule has 166 valence electrons. The van der Waals surface area contributed by atoms with E-state index in [-0.39, 0.29) is 5.69 Å². The van der Waals surface area contributed by atoms with E-state index >= 15 is 0 Å². The summed E-state index contributed by atoms with van der Waals surface area (Å²) in [5.74, 6) is -2.09. The molecular formula is C23H27F2N3O3. The largest absolute Gasteiger partial charge is 0.457 e. The smallest absolute Gasteiger partial charge is 0.331 e. The summed E-state index contributed by atoms with van der Waals surface area (Å²) in [6, 6.07) is 7.43. The Kier molecular flexibility index (Phi) is 7.74. The van der Waals surface area contributed by atoms with E-state index in [1.165, 1.54) is 6.08 Å². The maximum Gasteiger partial charge on any atom is 0.331 e. The second-order valence-corrected chi connectivity index (χ2v) is 7.85. The zero-order valence-electron chi connectivity index (χ0n) is 18.2. The topological polar surface area (TPSA) is 79.5 Å². The van der Waals surface area contributed by atoms with Gasteiger partial charge in [0.05, 0.1) is 17.1 Å². The molecule has 0 aliphatic heterocycles. The summed E-state index contributed by atoms with van der Waals surface area (Å²) >= 11 is 0. The van der Waals surface area contributed by atoms with E-state index < -0.39 is 29.2 Å². The number of esters is 1. The van der Waals surface area contributed by atoms with E-state index in [0.29, 0.717) is 35.1 Å². The Hall–Kier alpha value is -3.42. The van der Waals surface area contributed by atoms with Gasteiger partial charge in [-0.25, -0.2) is 18.4 Å². The maximum absolute atomic E-state index is 13.8. The summed E-state index contributed by atoms with van der Waals surface area (Å²) in [5, 5.41) is 8.13. The second-order valence-electron chi connectivity index (χ2n) is 7.85. The van der Waals surface area contributed by atoms with Gasteiger partial charge in [0.15, 0.2) is 0 Å². The van der Waals surface area contributed by atoms with E-state index in [1.54, 1.807) is 45.9 Å². The lowest BCUT2D eigenvalue weighted by atomic mass is 10.1. The minimum Gasteiger partial charge on any atom is -0.457 e. The molecular weight excluding hydrogens is 404 g/mol. The van der Waals surface area contributed by atoms with Gasteiger partial charge in [0.25, 0.3) is 0 Å². The van der Waals surface area contributed by atoms with Gasteiger partial charge in [0.1, 0.15) is 17.2 Å². The highest BCUT2D eigenvalue weighted by Crippen LogP contribution is 2.27. The molecule has 2 aromatic rings. The van der Waals surface area contributed by atoms with Crippen molar-refractivity contribution in [2.45, 2.75) is 40.2 Å². The number of rotatable bonds is 6. The molecule has 0 atom stereocenters. The van der Waals surface area contributed by atoms with Crippen molar-refractivity contribution in [2.75, 3.05) is 22.5 Å². The fourth-order valence-electron chi connectivity index (χ4n) is 2.70. The molecule has 0 bridgehead atoms. The molecule has 2 aromatic carbocycles. The maximum atomic E-state index is 13.8. The first kappa shape index (κ1) is 23.9. The third-order valence-electron chi connectivity index (χ3n) is 4.01. The van der Waals surface area contributed by atoms with Crippen LogP contribution in [0.4, 0.5) is 30.6 Å². The number of urea groups is 1. The van der Waals surface area contributed by atoms with Crippen LogP contribution >= 0.6 is 0 Å². The molecule has 2 rings (SSSR count).